The highest BCUT2D eigenvalue weighted by atomic mass is 16.6. The van der Waals surface area contributed by atoms with Gasteiger partial charge in [0.1, 0.15) is 5.75 Å². The van der Waals surface area contributed by atoms with E-state index in [1.165, 1.54) is 24.0 Å². The van der Waals surface area contributed by atoms with Crippen molar-refractivity contribution >= 4 is 17.3 Å². The number of amides is 1. The first-order chi connectivity index (χ1) is 9.96. The summed E-state index contributed by atoms with van der Waals surface area (Å²) in [6.07, 6.45) is 0. The molecular weight excluding hydrogens is 276 g/mol. The molecule has 0 aromatic heterocycles. The van der Waals surface area contributed by atoms with Crippen molar-refractivity contribution < 1.29 is 19.2 Å². The number of rotatable bonds is 7. The van der Waals surface area contributed by atoms with Crippen LogP contribution in [0.1, 0.15) is 27.7 Å². The summed E-state index contributed by atoms with van der Waals surface area (Å²) in [5.41, 5.74) is 0.296. The van der Waals surface area contributed by atoms with Gasteiger partial charge in [-0.15, -0.1) is 0 Å². The minimum atomic E-state index is -0.526. The van der Waals surface area contributed by atoms with E-state index in [-0.39, 0.29) is 17.3 Å². The molecule has 7 heteroatoms. The van der Waals surface area contributed by atoms with E-state index in [1.54, 1.807) is 13.8 Å². The van der Waals surface area contributed by atoms with Crippen LogP contribution < -0.4 is 14.4 Å². The van der Waals surface area contributed by atoms with Crippen molar-refractivity contribution in [1.82, 2.24) is 0 Å². The molecule has 0 radical (unpaired) electrons. The van der Waals surface area contributed by atoms with Gasteiger partial charge in [-0.05, 0) is 20.8 Å². The first-order valence-electron chi connectivity index (χ1n) is 6.82. The average Bonchev–Trinajstić information content (AvgIpc) is 2.41. The van der Waals surface area contributed by atoms with E-state index in [0.717, 1.165) is 0 Å². The van der Waals surface area contributed by atoms with Gasteiger partial charge in [0, 0.05) is 19.5 Å². The Morgan fingerprint density at radius 3 is 2.19 bits per heavy atom. The number of hydrogen-bond donors (Lipinski definition) is 0. The molecule has 0 aliphatic carbocycles. The van der Waals surface area contributed by atoms with Crippen LogP contribution in [0.4, 0.5) is 11.4 Å². The Bertz CT molecular complexity index is 530. The number of carbonyl (C=O) groups excluding carboxylic acids is 1. The van der Waals surface area contributed by atoms with Crippen LogP contribution >= 0.6 is 0 Å². The van der Waals surface area contributed by atoms with Crippen molar-refractivity contribution in [2.45, 2.75) is 27.7 Å². The highest BCUT2D eigenvalue weighted by Gasteiger charge is 2.24. The van der Waals surface area contributed by atoms with E-state index in [9.17, 15) is 14.9 Å². The average molecular weight is 296 g/mol. The fourth-order valence-electron chi connectivity index (χ4n) is 2.00. The van der Waals surface area contributed by atoms with E-state index in [4.69, 9.17) is 9.47 Å². The monoisotopic (exact) mass is 296 g/mol. The fourth-order valence-corrected chi connectivity index (χ4v) is 2.00. The Morgan fingerprint density at radius 2 is 1.76 bits per heavy atom. The Labute approximate surface area is 123 Å². The van der Waals surface area contributed by atoms with Gasteiger partial charge in [0.2, 0.25) is 5.91 Å². The normalized spacial score (nSPS) is 10.1. The first kappa shape index (κ1) is 16.7. The number of nitro benzene ring substituents is 1. The summed E-state index contributed by atoms with van der Waals surface area (Å²) in [6, 6.07) is 2.78. The summed E-state index contributed by atoms with van der Waals surface area (Å²) in [5.74, 6) is 0.250. The third kappa shape index (κ3) is 3.84. The molecule has 0 aliphatic heterocycles. The standard InChI is InChI=1S/C14H20N2O5/c1-5-15(10(4)17)11-8-14(21-7-3)12(16(18)19)9-13(11)20-6-2/h8-9H,5-7H2,1-4H3. The molecule has 0 saturated carbocycles. The maximum absolute atomic E-state index is 11.7. The molecule has 116 valence electrons. The zero-order valence-electron chi connectivity index (χ0n) is 12.7. The van der Waals surface area contributed by atoms with Gasteiger partial charge in [-0.2, -0.15) is 0 Å². The summed E-state index contributed by atoms with van der Waals surface area (Å²) in [5, 5.41) is 11.1. The second kappa shape index (κ2) is 7.47. The molecule has 7 nitrogen and oxygen atoms in total. The summed E-state index contributed by atoms with van der Waals surface area (Å²) in [4.78, 5) is 23.8. The molecule has 1 rings (SSSR count). The van der Waals surface area contributed by atoms with Gasteiger partial charge in [0.05, 0.1) is 29.9 Å². The number of benzene rings is 1. The summed E-state index contributed by atoms with van der Waals surface area (Å²) in [7, 11) is 0. The van der Waals surface area contributed by atoms with E-state index in [0.29, 0.717) is 31.2 Å². The topological polar surface area (TPSA) is 81.9 Å². The second-order valence-corrected chi connectivity index (χ2v) is 4.17. The van der Waals surface area contributed by atoms with Crippen LogP contribution in [-0.2, 0) is 4.79 Å². The first-order valence-corrected chi connectivity index (χ1v) is 6.82. The Kier molecular flexibility index (Phi) is 5.95. The number of hydrogen-bond acceptors (Lipinski definition) is 5. The zero-order valence-corrected chi connectivity index (χ0v) is 12.7. The van der Waals surface area contributed by atoms with Crippen LogP contribution in [0.25, 0.3) is 0 Å². The van der Waals surface area contributed by atoms with Gasteiger partial charge in [0.25, 0.3) is 0 Å². The SMILES string of the molecule is CCOc1cc([N+](=O)[O-])c(OCC)cc1N(CC)C(C)=O. The lowest BCUT2D eigenvalue weighted by molar-refractivity contribution is -0.385. The molecule has 0 heterocycles. The van der Waals surface area contributed by atoms with Crippen LogP contribution in [0.3, 0.4) is 0 Å². The van der Waals surface area contributed by atoms with Gasteiger partial charge < -0.3 is 14.4 Å². The van der Waals surface area contributed by atoms with Gasteiger partial charge in [0.15, 0.2) is 5.75 Å². The van der Waals surface area contributed by atoms with Crippen molar-refractivity contribution in [1.29, 1.82) is 0 Å². The van der Waals surface area contributed by atoms with Gasteiger partial charge >= 0.3 is 5.69 Å². The summed E-state index contributed by atoms with van der Waals surface area (Å²) >= 11 is 0. The molecule has 1 amide bonds. The van der Waals surface area contributed by atoms with Crippen LogP contribution in [0.2, 0.25) is 0 Å². The smallest absolute Gasteiger partial charge is 0.314 e. The van der Waals surface area contributed by atoms with Gasteiger partial charge in [-0.1, -0.05) is 0 Å². The predicted octanol–water partition coefficient (Wildman–Crippen LogP) is 2.77. The Hall–Kier alpha value is -2.31. The maximum atomic E-state index is 11.7. The number of nitrogens with zero attached hydrogens (tertiary/aromatic N) is 2. The van der Waals surface area contributed by atoms with Crippen molar-refractivity contribution in [3.05, 3.63) is 22.2 Å². The van der Waals surface area contributed by atoms with E-state index in [1.807, 2.05) is 6.92 Å². The second-order valence-electron chi connectivity index (χ2n) is 4.17. The van der Waals surface area contributed by atoms with E-state index >= 15 is 0 Å². The molecule has 21 heavy (non-hydrogen) atoms. The highest BCUT2D eigenvalue weighted by Crippen LogP contribution is 2.40. The minimum Gasteiger partial charge on any atom is -0.491 e. The van der Waals surface area contributed by atoms with Crippen LogP contribution in [0.15, 0.2) is 12.1 Å². The van der Waals surface area contributed by atoms with Crippen molar-refractivity contribution in [2.24, 2.45) is 0 Å². The van der Waals surface area contributed by atoms with Crippen LogP contribution in [0.5, 0.6) is 11.5 Å². The predicted molar refractivity (Wildman–Crippen MR) is 79.1 cm³/mol. The Morgan fingerprint density at radius 1 is 1.19 bits per heavy atom. The zero-order chi connectivity index (χ0) is 16.0. The van der Waals surface area contributed by atoms with Crippen molar-refractivity contribution in [2.75, 3.05) is 24.7 Å². The number of ether oxygens (including phenoxy) is 2. The quantitative estimate of drug-likeness (QED) is 0.570. The summed E-state index contributed by atoms with van der Waals surface area (Å²) < 4.78 is 10.8. The lowest BCUT2D eigenvalue weighted by atomic mass is 10.2. The molecule has 0 aliphatic rings. The molecule has 0 atom stereocenters. The molecule has 1 aromatic rings. The third-order valence-corrected chi connectivity index (χ3v) is 2.82. The summed E-state index contributed by atoms with van der Waals surface area (Å²) in [6.45, 7) is 7.82. The van der Waals surface area contributed by atoms with E-state index < -0.39 is 4.92 Å². The lowest BCUT2D eigenvalue weighted by Gasteiger charge is -2.22. The molecule has 1 aromatic carbocycles. The van der Waals surface area contributed by atoms with Crippen LogP contribution in [-0.4, -0.2) is 30.6 Å². The molecule has 0 saturated heterocycles. The molecule has 0 fully saturated rings. The fraction of sp³-hybridized carbons (Fsp3) is 0.500. The number of carbonyl (C=O) groups is 1. The van der Waals surface area contributed by atoms with Crippen molar-refractivity contribution in [3.63, 3.8) is 0 Å². The van der Waals surface area contributed by atoms with Gasteiger partial charge in [-0.3, -0.25) is 14.9 Å². The lowest BCUT2D eigenvalue weighted by Crippen LogP contribution is -2.28. The largest absolute Gasteiger partial charge is 0.491 e. The molecule has 0 spiro atoms. The molecule has 0 bridgehead atoms. The number of anilines is 1. The van der Waals surface area contributed by atoms with E-state index in [2.05, 4.69) is 0 Å². The van der Waals surface area contributed by atoms with Crippen molar-refractivity contribution in [3.8, 4) is 11.5 Å². The molecular formula is C14H20N2O5. The highest BCUT2D eigenvalue weighted by molar-refractivity contribution is 5.93. The number of nitro groups is 1. The minimum absolute atomic E-state index is 0.126. The maximum Gasteiger partial charge on any atom is 0.314 e. The molecule has 0 N–H and O–H groups in total. The Balaban J connectivity index is 3.48. The van der Waals surface area contributed by atoms with Crippen LogP contribution in [0, 0.1) is 10.1 Å². The van der Waals surface area contributed by atoms with Gasteiger partial charge in [-0.25, -0.2) is 0 Å². The molecule has 0 unspecified atom stereocenters. The third-order valence-electron chi connectivity index (χ3n) is 2.82.